The van der Waals surface area contributed by atoms with Gasteiger partial charge in [0, 0.05) is 11.6 Å². The molecule has 1 aliphatic rings. The van der Waals surface area contributed by atoms with Crippen LogP contribution in [0.2, 0.25) is 0 Å². The Morgan fingerprint density at radius 3 is 2.05 bits per heavy atom. The zero-order valence-electron chi connectivity index (χ0n) is 25.1. The van der Waals surface area contributed by atoms with Crippen LogP contribution in [0.15, 0.2) is 97.1 Å². The molecule has 2 unspecified atom stereocenters. The van der Waals surface area contributed by atoms with Crippen molar-refractivity contribution in [3.8, 4) is 23.0 Å². The van der Waals surface area contributed by atoms with E-state index in [9.17, 15) is 14.7 Å². The Hall–Kier alpha value is -5.24. The van der Waals surface area contributed by atoms with Crippen molar-refractivity contribution in [3.63, 3.8) is 0 Å². The number of hydrogen-bond acceptors (Lipinski definition) is 6. The maximum atomic E-state index is 14.0. The fourth-order valence-corrected chi connectivity index (χ4v) is 5.41. The predicted molar refractivity (Wildman–Crippen MR) is 169 cm³/mol. The number of carbonyl (C=O) groups excluding carboxylic acids is 2. The molecule has 1 aliphatic heterocycles. The third kappa shape index (κ3) is 6.54. The lowest BCUT2D eigenvalue weighted by Crippen LogP contribution is -2.33. The molecular weight excluding hydrogens is 556 g/mol. The van der Waals surface area contributed by atoms with E-state index in [0.717, 1.165) is 11.1 Å². The smallest absolute Gasteiger partial charge is 0.244 e. The molecule has 8 nitrogen and oxygen atoms in total. The summed E-state index contributed by atoms with van der Waals surface area (Å²) in [6, 6.07) is 27.5. The van der Waals surface area contributed by atoms with Crippen LogP contribution in [0, 0.1) is 0 Å². The normalized spacial score (nSPS) is 16.8. The fourth-order valence-electron chi connectivity index (χ4n) is 5.41. The van der Waals surface area contributed by atoms with E-state index in [2.05, 4.69) is 10.6 Å². The number of phenols is 1. The van der Waals surface area contributed by atoms with Crippen LogP contribution in [0.25, 0.3) is 6.08 Å². The van der Waals surface area contributed by atoms with Gasteiger partial charge in [-0.2, -0.15) is 0 Å². The molecule has 4 aromatic rings. The number of benzene rings is 4. The maximum absolute atomic E-state index is 14.0. The van der Waals surface area contributed by atoms with Crippen molar-refractivity contribution in [3.05, 3.63) is 125 Å². The van der Waals surface area contributed by atoms with Gasteiger partial charge in [0.25, 0.3) is 0 Å². The molecule has 0 spiro atoms. The summed E-state index contributed by atoms with van der Waals surface area (Å²) in [4.78, 5) is 26.8. The molecule has 0 aromatic heterocycles. The Labute approximate surface area is 257 Å². The SMILES string of the molecule is COc1cc(C2Oc3c(OC)cc(/C=C/C(=O)N[C@H](C)c4ccccc4)cc3C2C(=O)N[C@H](C)c2ccccc2)ccc1O. The number of phenolic OH excluding ortho intramolecular Hbond substituents is 1. The van der Waals surface area contributed by atoms with Gasteiger partial charge in [-0.1, -0.05) is 66.7 Å². The van der Waals surface area contributed by atoms with Crippen LogP contribution in [0.4, 0.5) is 0 Å². The first-order valence-corrected chi connectivity index (χ1v) is 14.4. The molecule has 44 heavy (non-hydrogen) atoms. The molecule has 0 saturated heterocycles. The minimum atomic E-state index is -0.764. The van der Waals surface area contributed by atoms with Gasteiger partial charge in [-0.25, -0.2) is 0 Å². The number of aromatic hydroxyl groups is 1. The highest BCUT2D eigenvalue weighted by atomic mass is 16.5. The molecule has 1 heterocycles. The number of carbonyl (C=O) groups is 2. The van der Waals surface area contributed by atoms with E-state index in [1.165, 1.54) is 26.4 Å². The van der Waals surface area contributed by atoms with Crippen molar-refractivity contribution in [2.45, 2.75) is 38.0 Å². The number of hydrogen-bond donors (Lipinski definition) is 3. The van der Waals surface area contributed by atoms with Crippen molar-refractivity contribution in [1.82, 2.24) is 10.6 Å². The highest BCUT2D eigenvalue weighted by Crippen LogP contribution is 2.52. The molecular formula is C36H36N2O6. The molecule has 0 fully saturated rings. The van der Waals surface area contributed by atoms with Crippen LogP contribution in [0.3, 0.4) is 0 Å². The van der Waals surface area contributed by atoms with Crippen LogP contribution in [0.1, 0.15) is 65.8 Å². The summed E-state index contributed by atoms with van der Waals surface area (Å²) in [6.45, 7) is 3.85. The van der Waals surface area contributed by atoms with Crippen molar-refractivity contribution < 1.29 is 28.9 Å². The Kier molecular flexibility index (Phi) is 9.19. The van der Waals surface area contributed by atoms with Crippen LogP contribution < -0.4 is 24.8 Å². The first-order chi connectivity index (χ1) is 21.3. The molecule has 5 rings (SSSR count). The summed E-state index contributed by atoms with van der Waals surface area (Å²) in [7, 11) is 3.00. The van der Waals surface area contributed by atoms with Gasteiger partial charge >= 0.3 is 0 Å². The summed E-state index contributed by atoms with van der Waals surface area (Å²) in [5.74, 6) is -0.134. The molecule has 0 bridgehead atoms. The summed E-state index contributed by atoms with van der Waals surface area (Å²) in [6.07, 6.45) is 2.42. The van der Waals surface area contributed by atoms with Crippen molar-refractivity contribution >= 4 is 17.9 Å². The van der Waals surface area contributed by atoms with Crippen LogP contribution in [-0.2, 0) is 9.59 Å². The second-order valence-electron chi connectivity index (χ2n) is 10.7. The summed E-state index contributed by atoms with van der Waals surface area (Å²) in [5.41, 5.74) is 3.91. The molecule has 0 saturated carbocycles. The maximum Gasteiger partial charge on any atom is 0.244 e. The molecule has 2 amide bonds. The first kappa shape index (κ1) is 30.2. The Bertz CT molecular complexity index is 1650. The molecule has 4 aromatic carbocycles. The second-order valence-corrected chi connectivity index (χ2v) is 10.7. The lowest BCUT2D eigenvalue weighted by molar-refractivity contribution is -0.124. The highest BCUT2D eigenvalue weighted by molar-refractivity contribution is 5.92. The zero-order valence-corrected chi connectivity index (χ0v) is 25.1. The molecule has 226 valence electrons. The van der Waals surface area contributed by atoms with E-state index >= 15 is 0 Å². The van der Waals surface area contributed by atoms with Crippen LogP contribution in [-0.4, -0.2) is 31.1 Å². The minimum Gasteiger partial charge on any atom is -0.504 e. The van der Waals surface area contributed by atoms with E-state index in [0.29, 0.717) is 28.2 Å². The van der Waals surface area contributed by atoms with Crippen molar-refractivity contribution in [2.75, 3.05) is 14.2 Å². The molecule has 0 aliphatic carbocycles. The first-order valence-electron chi connectivity index (χ1n) is 14.4. The third-order valence-corrected chi connectivity index (χ3v) is 7.77. The minimum absolute atomic E-state index is 0.0182. The van der Waals surface area contributed by atoms with Crippen LogP contribution >= 0.6 is 0 Å². The van der Waals surface area contributed by atoms with E-state index in [1.807, 2.05) is 80.6 Å². The van der Waals surface area contributed by atoms with E-state index in [4.69, 9.17) is 14.2 Å². The second kappa shape index (κ2) is 13.4. The van der Waals surface area contributed by atoms with Gasteiger partial charge in [-0.3, -0.25) is 9.59 Å². The molecule has 8 heteroatoms. The number of nitrogens with one attached hydrogen (secondary N) is 2. The van der Waals surface area contributed by atoms with Gasteiger partial charge in [0.2, 0.25) is 11.8 Å². The van der Waals surface area contributed by atoms with Crippen molar-refractivity contribution in [1.29, 1.82) is 0 Å². The molecule has 0 radical (unpaired) electrons. The number of rotatable bonds is 10. The Morgan fingerprint density at radius 2 is 1.43 bits per heavy atom. The highest BCUT2D eigenvalue weighted by Gasteiger charge is 2.43. The topological polar surface area (TPSA) is 106 Å². The molecule has 3 N–H and O–H groups in total. The number of fused-ring (bicyclic) bond motifs is 1. The van der Waals surface area contributed by atoms with Gasteiger partial charge in [-0.05, 0) is 66.4 Å². The average Bonchev–Trinajstić information content (AvgIpc) is 3.44. The monoisotopic (exact) mass is 592 g/mol. The molecule has 4 atom stereocenters. The van der Waals surface area contributed by atoms with Crippen LogP contribution in [0.5, 0.6) is 23.0 Å². The van der Waals surface area contributed by atoms with Crippen molar-refractivity contribution in [2.24, 2.45) is 0 Å². The standard InChI is InChI=1S/C36H36N2O6/c1-22(25-11-7-5-8-12-25)37-32(40)18-15-24-19-28-33(36(41)38-23(2)26-13-9-6-10-14-26)34(44-35(28)31(20-24)43-4)27-16-17-29(39)30(21-27)42-3/h5-23,33-34,39H,1-4H3,(H,37,40)(H,38,41)/b18-15+/t22-,23-,33?,34?/m1/s1. The van der Waals surface area contributed by atoms with Gasteiger partial charge in [0.15, 0.2) is 23.0 Å². The Morgan fingerprint density at radius 1 is 0.818 bits per heavy atom. The van der Waals surface area contributed by atoms with Gasteiger partial charge in [-0.15, -0.1) is 0 Å². The summed E-state index contributed by atoms with van der Waals surface area (Å²) < 4.78 is 17.5. The summed E-state index contributed by atoms with van der Waals surface area (Å²) in [5, 5.41) is 16.3. The average molecular weight is 593 g/mol. The van der Waals surface area contributed by atoms with Gasteiger partial charge in [0.1, 0.15) is 12.0 Å². The quantitative estimate of drug-likeness (QED) is 0.184. The number of methoxy groups -OCH3 is 2. The van der Waals surface area contributed by atoms with Gasteiger partial charge in [0.05, 0.1) is 26.3 Å². The Balaban J connectivity index is 1.47. The van der Waals surface area contributed by atoms with Gasteiger partial charge < -0.3 is 30.0 Å². The fraction of sp³-hybridized carbons (Fsp3) is 0.222. The lowest BCUT2D eigenvalue weighted by atomic mass is 9.88. The van der Waals surface area contributed by atoms with E-state index in [-0.39, 0.29) is 35.4 Å². The third-order valence-electron chi connectivity index (χ3n) is 7.77. The van der Waals surface area contributed by atoms with E-state index < -0.39 is 12.0 Å². The van der Waals surface area contributed by atoms with E-state index in [1.54, 1.807) is 24.3 Å². The zero-order chi connectivity index (χ0) is 31.2. The lowest BCUT2D eigenvalue weighted by Gasteiger charge is -2.22. The number of amides is 2. The number of ether oxygens (including phenoxy) is 3. The summed E-state index contributed by atoms with van der Waals surface area (Å²) >= 11 is 0. The largest absolute Gasteiger partial charge is 0.504 e. The predicted octanol–water partition coefficient (Wildman–Crippen LogP) is 6.39.